The lowest BCUT2D eigenvalue weighted by Crippen LogP contribution is -2.65. The Morgan fingerprint density at radius 2 is 1.24 bits per heavy atom. The highest BCUT2D eigenvalue weighted by Crippen LogP contribution is 2.72. The number of para-hydroxylation sites is 1. The van der Waals surface area contributed by atoms with Crippen molar-refractivity contribution < 1.29 is 0 Å². The summed E-state index contributed by atoms with van der Waals surface area (Å²) in [4.78, 5) is 26.4. The Labute approximate surface area is 145 Å². The Balaban J connectivity index is 1.85. The maximum atomic E-state index is 13.2. The van der Waals surface area contributed by atoms with Crippen LogP contribution < -0.4 is 11.4 Å². The fourth-order valence-corrected chi connectivity index (χ4v) is 5.58. The van der Waals surface area contributed by atoms with Crippen LogP contribution in [0.15, 0.2) is 63.2 Å². The summed E-state index contributed by atoms with van der Waals surface area (Å²) >= 11 is 0. The molecule has 4 aliphatic rings. The lowest BCUT2D eigenvalue weighted by molar-refractivity contribution is -0.0483. The van der Waals surface area contributed by atoms with Crippen molar-refractivity contribution in [2.75, 3.05) is 0 Å². The second-order valence-corrected chi connectivity index (χ2v) is 7.85. The maximum absolute atomic E-state index is 13.2. The predicted octanol–water partition coefficient (Wildman–Crippen LogP) is 2.83. The zero-order valence-electron chi connectivity index (χ0n) is 14.9. The summed E-state index contributed by atoms with van der Waals surface area (Å²) in [6.45, 7) is 8.79. The minimum absolute atomic E-state index is 0.128. The molecule has 0 radical (unpaired) electrons. The van der Waals surface area contributed by atoms with E-state index >= 15 is 0 Å². The fraction of sp³-hybridized carbons (Fsp3) is 0.400. The molecule has 1 aromatic heterocycles. The Kier molecular flexibility index (Phi) is 2.45. The summed E-state index contributed by atoms with van der Waals surface area (Å²) in [6, 6.07) is 8.92. The van der Waals surface area contributed by atoms with Crippen LogP contribution in [0.3, 0.4) is 0 Å². The monoisotopic (exact) mass is 335 g/mol. The van der Waals surface area contributed by atoms with Crippen molar-refractivity contribution in [1.82, 2.24) is 13.9 Å². The smallest absolute Gasteiger partial charge is 0.245 e. The van der Waals surface area contributed by atoms with E-state index in [4.69, 9.17) is 0 Å². The third-order valence-corrected chi connectivity index (χ3v) is 7.41. The molecule has 25 heavy (non-hydrogen) atoms. The summed E-state index contributed by atoms with van der Waals surface area (Å²) < 4.78 is 4.66. The average molecular weight is 335 g/mol. The van der Waals surface area contributed by atoms with Crippen molar-refractivity contribution in [3.05, 3.63) is 74.6 Å². The van der Waals surface area contributed by atoms with Gasteiger partial charge in [0.1, 0.15) is 0 Å². The molecule has 1 aromatic carbocycles. The molecule has 2 aromatic rings. The Morgan fingerprint density at radius 3 is 1.68 bits per heavy atom. The molecule has 4 atom stereocenters. The van der Waals surface area contributed by atoms with Gasteiger partial charge in [0.2, 0.25) is 0 Å². The van der Waals surface area contributed by atoms with Crippen LogP contribution in [-0.4, -0.2) is 13.9 Å². The molecule has 128 valence electrons. The van der Waals surface area contributed by atoms with Gasteiger partial charge in [-0.25, -0.2) is 23.5 Å². The SMILES string of the molecule is CC1=C(C)[C@@]2(C)[C@@H]3C=C[C@H](n4c(=O)n(-c5ccccc5)c(=O)n43)[C@]12C. The average Bonchev–Trinajstić information content (AvgIpc) is 2.90. The van der Waals surface area contributed by atoms with Gasteiger partial charge < -0.3 is 0 Å². The van der Waals surface area contributed by atoms with Crippen LogP contribution in [0.1, 0.15) is 39.8 Å². The van der Waals surface area contributed by atoms with Crippen LogP contribution >= 0.6 is 0 Å². The molecular formula is C20H21N3O2. The standard InChI is InChI=1S/C20H21N3O2/c1-12-13(2)20(4)16-11-10-15(19(12,20)3)22-17(24)21(18(25)23(16)22)14-8-6-5-7-9-14/h5-11,15-16H,1-4H3/t15-,16-,19-,20-/m0/s1. The molecule has 0 unspecified atom stereocenters. The van der Waals surface area contributed by atoms with Gasteiger partial charge in [0.15, 0.2) is 0 Å². The van der Waals surface area contributed by atoms with Gasteiger partial charge in [-0.05, 0) is 26.0 Å². The number of hydrogen-bond donors (Lipinski definition) is 0. The van der Waals surface area contributed by atoms with Crippen LogP contribution in [-0.2, 0) is 0 Å². The first-order chi connectivity index (χ1) is 11.8. The van der Waals surface area contributed by atoms with Gasteiger partial charge in [0, 0.05) is 10.8 Å². The first-order valence-electron chi connectivity index (χ1n) is 8.73. The molecule has 6 rings (SSSR count). The third kappa shape index (κ3) is 1.28. The predicted molar refractivity (Wildman–Crippen MR) is 96.1 cm³/mol. The number of allylic oxidation sites excluding steroid dienone is 4. The van der Waals surface area contributed by atoms with Crippen LogP contribution in [0.5, 0.6) is 0 Å². The number of benzene rings is 1. The summed E-state index contributed by atoms with van der Waals surface area (Å²) in [7, 11) is 0. The number of hydrogen-bond acceptors (Lipinski definition) is 2. The quantitative estimate of drug-likeness (QED) is 0.753. The lowest BCUT2D eigenvalue weighted by atomic mass is 9.41. The summed E-state index contributed by atoms with van der Waals surface area (Å²) in [6.07, 6.45) is 4.22. The van der Waals surface area contributed by atoms with Crippen molar-refractivity contribution in [2.45, 2.75) is 39.8 Å². The highest BCUT2D eigenvalue weighted by molar-refractivity contribution is 5.49. The van der Waals surface area contributed by atoms with Crippen molar-refractivity contribution in [3.8, 4) is 5.69 Å². The number of aromatic nitrogens is 3. The molecule has 5 heteroatoms. The number of nitrogens with zero attached hydrogens (tertiary/aromatic N) is 3. The van der Waals surface area contributed by atoms with Crippen LogP contribution in [0.4, 0.5) is 0 Å². The van der Waals surface area contributed by atoms with Crippen LogP contribution in [0.2, 0.25) is 0 Å². The number of rotatable bonds is 1. The van der Waals surface area contributed by atoms with E-state index in [0.717, 1.165) is 0 Å². The second-order valence-electron chi connectivity index (χ2n) is 7.85. The van der Waals surface area contributed by atoms with E-state index in [2.05, 4.69) is 39.8 Å². The largest absolute Gasteiger partial charge is 0.352 e. The van der Waals surface area contributed by atoms with E-state index in [1.54, 1.807) is 21.5 Å². The van der Waals surface area contributed by atoms with Crippen molar-refractivity contribution in [3.63, 3.8) is 0 Å². The lowest BCUT2D eigenvalue weighted by Gasteiger charge is -2.67. The molecule has 2 bridgehead atoms. The maximum Gasteiger partial charge on any atom is 0.352 e. The molecule has 2 aliphatic carbocycles. The molecule has 0 spiro atoms. The summed E-state index contributed by atoms with van der Waals surface area (Å²) in [5.41, 5.74) is 2.54. The Bertz CT molecular complexity index is 1030. The molecule has 0 saturated heterocycles. The van der Waals surface area contributed by atoms with Gasteiger partial charge in [-0.1, -0.05) is 55.3 Å². The van der Waals surface area contributed by atoms with Crippen molar-refractivity contribution in [2.24, 2.45) is 10.8 Å². The third-order valence-electron chi connectivity index (χ3n) is 7.41. The van der Waals surface area contributed by atoms with Gasteiger partial charge >= 0.3 is 11.4 Å². The van der Waals surface area contributed by atoms with E-state index < -0.39 is 0 Å². The van der Waals surface area contributed by atoms with Gasteiger partial charge in [0.05, 0.1) is 17.8 Å². The Hall–Kier alpha value is -2.56. The second kappa shape index (κ2) is 4.15. The molecule has 0 N–H and O–H groups in total. The molecule has 0 amide bonds. The normalized spacial score (nSPS) is 34.7. The first kappa shape index (κ1) is 14.8. The molecular weight excluding hydrogens is 314 g/mol. The topological polar surface area (TPSA) is 48.9 Å². The minimum Gasteiger partial charge on any atom is -0.245 e. The van der Waals surface area contributed by atoms with E-state index in [-0.39, 0.29) is 34.3 Å². The molecule has 2 aliphatic heterocycles. The van der Waals surface area contributed by atoms with Crippen LogP contribution in [0, 0.1) is 10.8 Å². The first-order valence-corrected chi connectivity index (χ1v) is 8.73. The van der Waals surface area contributed by atoms with E-state index in [0.29, 0.717) is 5.69 Å². The van der Waals surface area contributed by atoms with Crippen molar-refractivity contribution in [1.29, 1.82) is 0 Å². The van der Waals surface area contributed by atoms with Gasteiger partial charge in [-0.15, -0.1) is 0 Å². The summed E-state index contributed by atoms with van der Waals surface area (Å²) in [5, 5.41) is 0. The molecule has 0 saturated carbocycles. The van der Waals surface area contributed by atoms with Crippen LogP contribution in [0.25, 0.3) is 5.69 Å². The highest BCUT2D eigenvalue weighted by atomic mass is 16.2. The Morgan fingerprint density at radius 1 is 0.800 bits per heavy atom. The van der Waals surface area contributed by atoms with Gasteiger partial charge in [-0.3, -0.25) is 0 Å². The van der Waals surface area contributed by atoms with E-state index in [1.165, 1.54) is 15.7 Å². The zero-order valence-corrected chi connectivity index (χ0v) is 14.9. The fourth-order valence-electron chi connectivity index (χ4n) is 5.58. The van der Waals surface area contributed by atoms with Gasteiger partial charge in [0.25, 0.3) is 0 Å². The van der Waals surface area contributed by atoms with E-state index in [1.807, 2.05) is 18.2 Å². The van der Waals surface area contributed by atoms with Gasteiger partial charge in [-0.2, -0.15) is 0 Å². The highest BCUT2D eigenvalue weighted by Gasteiger charge is 2.68. The van der Waals surface area contributed by atoms with Crippen molar-refractivity contribution >= 4 is 0 Å². The minimum atomic E-state index is -0.254. The molecule has 0 fully saturated rings. The summed E-state index contributed by atoms with van der Waals surface area (Å²) in [5.74, 6) is 0. The molecule has 3 heterocycles. The molecule has 5 nitrogen and oxygen atoms in total. The van der Waals surface area contributed by atoms with E-state index in [9.17, 15) is 9.59 Å². The zero-order chi connectivity index (χ0) is 17.7.